The lowest BCUT2D eigenvalue weighted by Gasteiger charge is -1.97. The highest BCUT2D eigenvalue weighted by molar-refractivity contribution is 7.31. The molecule has 0 amide bonds. The standard InChI is InChI=1S/C14H14S3/c1-8(2)10-4-5-11(16-10)13-7-14-12(17-13)6-9(3)15-14/h4-8H,1-3H3. The molecule has 0 unspecified atom stereocenters. The van der Waals surface area contributed by atoms with Gasteiger partial charge in [-0.1, -0.05) is 13.8 Å². The minimum absolute atomic E-state index is 0.636. The van der Waals surface area contributed by atoms with E-state index in [2.05, 4.69) is 45.0 Å². The van der Waals surface area contributed by atoms with Crippen molar-refractivity contribution in [2.24, 2.45) is 0 Å². The molecular weight excluding hydrogens is 264 g/mol. The molecule has 3 heterocycles. The van der Waals surface area contributed by atoms with Crippen molar-refractivity contribution in [2.75, 3.05) is 0 Å². The number of aryl methyl sites for hydroxylation is 1. The summed E-state index contributed by atoms with van der Waals surface area (Å²) in [5.74, 6) is 0.636. The summed E-state index contributed by atoms with van der Waals surface area (Å²) in [7, 11) is 0. The molecule has 0 aromatic carbocycles. The van der Waals surface area contributed by atoms with Gasteiger partial charge in [0.05, 0.1) is 0 Å². The van der Waals surface area contributed by atoms with E-state index in [4.69, 9.17) is 0 Å². The molecule has 0 saturated carbocycles. The van der Waals surface area contributed by atoms with E-state index in [9.17, 15) is 0 Å². The monoisotopic (exact) mass is 278 g/mol. The Balaban J connectivity index is 2.04. The van der Waals surface area contributed by atoms with Gasteiger partial charge < -0.3 is 0 Å². The highest BCUT2D eigenvalue weighted by atomic mass is 32.1. The average Bonchev–Trinajstić information content (AvgIpc) is 2.87. The maximum absolute atomic E-state index is 2.34. The predicted molar refractivity (Wildman–Crippen MR) is 81.8 cm³/mol. The lowest BCUT2D eigenvalue weighted by Crippen LogP contribution is -1.77. The van der Waals surface area contributed by atoms with Crippen molar-refractivity contribution in [3.8, 4) is 9.75 Å². The molecule has 3 aromatic heterocycles. The maximum atomic E-state index is 2.34. The summed E-state index contributed by atoms with van der Waals surface area (Å²) in [6, 6.07) is 9.17. The van der Waals surface area contributed by atoms with Gasteiger partial charge in [0, 0.05) is 28.9 Å². The van der Waals surface area contributed by atoms with Gasteiger partial charge >= 0.3 is 0 Å². The van der Waals surface area contributed by atoms with Crippen LogP contribution in [0.25, 0.3) is 19.2 Å². The van der Waals surface area contributed by atoms with Crippen LogP contribution in [0.2, 0.25) is 0 Å². The van der Waals surface area contributed by atoms with Gasteiger partial charge in [-0.05, 0) is 37.1 Å². The van der Waals surface area contributed by atoms with E-state index >= 15 is 0 Å². The molecule has 0 aliphatic rings. The van der Waals surface area contributed by atoms with Crippen LogP contribution in [0.1, 0.15) is 29.5 Å². The third-order valence-electron chi connectivity index (χ3n) is 2.77. The van der Waals surface area contributed by atoms with Gasteiger partial charge in [-0.2, -0.15) is 0 Å². The van der Waals surface area contributed by atoms with Crippen molar-refractivity contribution >= 4 is 43.4 Å². The summed E-state index contributed by atoms with van der Waals surface area (Å²) < 4.78 is 2.86. The van der Waals surface area contributed by atoms with Crippen LogP contribution in [0.5, 0.6) is 0 Å². The summed E-state index contributed by atoms with van der Waals surface area (Å²) in [6.07, 6.45) is 0. The van der Waals surface area contributed by atoms with Gasteiger partial charge in [-0.15, -0.1) is 34.0 Å². The number of hydrogen-bond acceptors (Lipinski definition) is 3. The highest BCUT2D eigenvalue weighted by Crippen LogP contribution is 2.41. The molecular formula is C14H14S3. The molecule has 3 heteroatoms. The van der Waals surface area contributed by atoms with Crippen LogP contribution >= 0.6 is 34.0 Å². The van der Waals surface area contributed by atoms with Crippen LogP contribution in [0.4, 0.5) is 0 Å². The molecule has 0 fully saturated rings. The quantitative estimate of drug-likeness (QED) is 0.529. The van der Waals surface area contributed by atoms with Gasteiger partial charge in [0.15, 0.2) is 0 Å². The maximum Gasteiger partial charge on any atom is 0.0463 e. The fraction of sp³-hybridized carbons (Fsp3) is 0.286. The van der Waals surface area contributed by atoms with Crippen LogP contribution in [-0.2, 0) is 0 Å². The second kappa shape index (κ2) is 4.23. The molecule has 0 nitrogen and oxygen atoms in total. The molecule has 88 valence electrons. The Morgan fingerprint density at radius 1 is 0.882 bits per heavy atom. The molecule has 0 N–H and O–H groups in total. The van der Waals surface area contributed by atoms with E-state index in [-0.39, 0.29) is 0 Å². The van der Waals surface area contributed by atoms with Crippen molar-refractivity contribution in [2.45, 2.75) is 26.7 Å². The van der Waals surface area contributed by atoms with E-state index < -0.39 is 0 Å². The fourth-order valence-corrected chi connectivity index (χ4v) is 5.28. The SMILES string of the molecule is Cc1cc2sc(-c3ccc(C(C)C)s3)cc2s1. The van der Waals surface area contributed by atoms with Gasteiger partial charge in [0.2, 0.25) is 0 Å². The van der Waals surface area contributed by atoms with E-state index in [0.717, 1.165) is 0 Å². The topological polar surface area (TPSA) is 0 Å². The van der Waals surface area contributed by atoms with Crippen LogP contribution < -0.4 is 0 Å². The van der Waals surface area contributed by atoms with Crippen LogP contribution in [-0.4, -0.2) is 0 Å². The second-order valence-corrected chi connectivity index (χ2v) is 8.04. The first-order chi connectivity index (χ1) is 8.13. The largest absolute Gasteiger partial charge is 0.140 e. The van der Waals surface area contributed by atoms with Crippen LogP contribution in [0, 0.1) is 6.92 Å². The third-order valence-corrected chi connectivity index (χ3v) is 6.56. The summed E-state index contributed by atoms with van der Waals surface area (Å²) in [5.41, 5.74) is 0. The van der Waals surface area contributed by atoms with Crippen molar-refractivity contribution in [3.63, 3.8) is 0 Å². The molecule has 0 atom stereocenters. The zero-order chi connectivity index (χ0) is 12.0. The molecule has 0 spiro atoms. The summed E-state index contributed by atoms with van der Waals surface area (Å²) in [5, 5.41) is 0. The van der Waals surface area contributed by atoms with Gasteiger partial charge in [-0.25, -0.2) is 0 Å². The Hall–Kier alpha value is -0.640. The summed E-state index contributed by atoms with van der Waals surface area (Å²) >= 11 is 5.74. The molecule has 0 aliphatic heterocycles. The fourth-order valence-electron chi connectivity index (χ4n) is 1.87. The first kappa shape index (κ1) is 11.5. The molecule has 0 bridgehead atoms. The Kier molecular flexibility index (Phi) is 2.85. The summed E-state index contributed by atoms with van der Waals surface area (Å²) in [6.45, 7) is 6.69. The van der Waals surface area contributed by atoms with Crippen molar-refractivity contribution in [1.29, 1.82) is 0 Å². The Bertz CT molecular complexity index is 620. The van der Waals surface area contributed by atoms with E-state index in [1.165, 1.54) is 28.9 Å². The molecule has 0 saturated heterocycles. The molecule has 17 heavy (non-hydrogen) atoms. The van der Waals surface area contributed by atoms with E-state index in [1.54, 1.807) is 0 Å². The van der Waals surface area contributed by atoms with Crippen molar-refractivity contribution in [3.05, 3.63) is 34.0 Å². The van der Waals surface area contributed by atoms with Gasteiger partial charge in [-0.3, -0.25) is 0 Å². The van der Waals surface area contributed by atoms with E-state index in [0.29, 0.717) is 5.92 Å². The minimum Gasteiger partial charge on any atom is -0.140 e. The predicted octanol–water partition coefficient (Wildman–Crippen LogP) is 6.12. The Morgan fingerprint density at radius 2 is 1.65 bits per heavy atom. The smallest absolute Gasteiger partial charge is 0.0463 e. The Morgan fingerprint density at radius 3 is 2.29 bits per heavy atom. The van der Waals surface area contributed by atoms with Crippen LogP contribution in [0.3, 0.4) is 0 Å². The number of fused-ring (bicyclic) bond motifs is 1. The molecule has 3 rings (SSSR count). The first-order valence-electron chi connectivity index (χ1n) is 5.73. The van der Waals surface area contributed by atoms with Crippen molar-refractivity contribution in [1.82, 2.24) is 0 Å². The zero-order valence-corrected chi connectivity index (χ0v) is 12.6. The molecule has 0 aliphatic carbocycles. The van der Waals surface area contributed by atoms with Gasteiger partial charge in [0.25, 0.3) is 0 Å². The second-order valence-electron chi connectivity index (χ2n) is 4.55. The molecule has 3 aromatic rings. The number of rotatable bonds is 2. The van der Waals surface area contributed by atoms with Crippen molar-refractivity contribution < 1.29 is 0 Å². The normalized spacial score (nSPS) is 11.8. The number of hydrogen-bond donors (Lipinski definition) is 0. The third kappa shape index (κ3) is 2.07. The lowest BCUT2D eigenvalue weighted by atomic mass is 10.2. The zero-order valence-electron chi connectivity index (χ0n) is 10.1. The van der Waals surface area contributed by atoms with Crippen LogP contribution in [0.15, 0.2) is 24.3 Å². The highest BCUT2D eigenvalue weighted by Gasteiger charge is 2.10. The van der Waals surface area contributed by atoms with Gasteiger partial charge in [0.1, 0.15) is 0 Å². The number of thiophene rings is 3. The lowest BCUT2D eigenvalue weighted by molar-refractivity contribution is 0.890. The van der Waals surface area contributed by atoms with E-state index in [1.807, 2.05) is 34.0 Å². The first-order valence-corrected chi connectivity index (χ1v) is 8.18. The minimum atomic E-state index is 0.636. The summed E-state index contributed by atoms with van der Waals surface area (Å²) in [4.78, 5) is 5.72. The average molecular weight is 278 g/mol. The Labute approximate surface area is 114 Å². The molecule has 0 radical (unpaired) electrons.